The molecular weight excluding hydrogens is 642 g/mol. The van der Waals surface area contributed by atoms with E-state index in [-0.39, 0.29) is 31.9 Å². The number of nitrogens with one attached hydrogen (secondary N) is 5. The number of anilines is 1. The van der Waals surface area contributed by atoms with Crippen molar-refractivity contribution in [3.05, 3.63) is 40.3 Å². The van der Waals surface area contributed by atoms with Crippen LogP contribution in [0.1, 0.15) is 53.0 Å². The Morgan fingerprint density at radius 2 is 1.53 bits per heavy atom. The van der Waals surface area contributed by atoms with Gasteiger partial charge in [0.1, 0.15) is 30.8 Å². The van der Waals surface area contributed by atoms with Gasteiger partial charge in [-0.15, -0.1) is 0 Å². The topological polar surface area (TPSA) is 293 Å². The standard InChI is InChI=1S/C30H47N11O8/c1-16(2)23(39-27(45)22(14-35-40-33)36-18(5)42)28(46)38-21(8-7-13-34-29(32)47)26(44)37-20-11-9-19(10-12-20)15-49-30(48)41(6)24(17(3)4)25(31)43/h9-12,16-17,21-24H,7-8,13-15H2,1-6H3,(H2,31,43)(H,36,42)(H,37,44)(H,38,46)(H,39,45)(H3,32,34,47)/t21-,22+,23-,24-/m0/s1. The molecule has 0 radical (unpaired) electrons. The Kier molecular flexibility index (Phi) is 17.4. The zero-order valence-electron chi connectivity index (χ0n) is 28.5. The molecule has 49 heavy (non-hydrogen) atoms. The van der Waals surface area contributed by atoms with Gasteiger partial charge in [0.2, 0.25) is 29.5 Å². The molecule has 0 heterocycles. The van der Waals surface area contributed by atoms with E-state index in [2.05, 4.69) is 36.6 Å². The van der Waals surface area contributed by atoms with Gasteiger partial charge >= 0.3 is 12.1 Å². The largest absolute Gasteiger partial charge is 0.445 e. The summed E-state index contributed by atoms with van der Waals surface area (Å²) in [6, 6.07) is 1.22. The summed E-state index contributed by atoms with van der Waals surface area (Å²) >= 11 is 0. The molecule has 19 heteroatoms. The predicted octanol–water partition coefficient (Wildman–Crippen LogP) is 0.593. The summed E-state index contributed by atoms with van der Waals surface area (Å²) in [6.45, 7) is 7.61. The molecule has 270 valence electrons. The molecule has 1 aromatic rings. The number of likely N-dealkylation sites (N-methyl/N-ethyl adjacent to an activating group) is 1. The van der Waals surface area contributed by atoms with Crippen molar-refractivity contribution < 1.29 is 38.3 Å². The van der Waals surface area contributed by atoms with Gasteiger partial charge in [-0.05, 0) is 47.9 Å². The van der Waals surface area contributed by atoms with E-state index >= 15 is 0 Å². The summed E-state index contributed by atoms with van der Waals surface area (Å²) in [4.78, 5) is 90.2. The quantitative estimate of drug-likeness (QED) is 0.0466. The Labute approximate surface area is 284 Å². The number of rotatable bonds is 19. The fourth-order valence-corrected chi connectivity index (χ4v) is 4.64. The Balaban J connectivity index is 3.04. The van der Waals surface area contributed by atoms with Crippen molar-refractivity contribution in [3.8, 4) is 0 Å². The lowest BCUT2D eigenvalue weighted by Crippen LogP contribution is -2.58. The molecule has 0 aliphatic heterocycles. The molecule has 0 spiro atoms. The Morgan fingerprint density at radius 1 is 0.898 bits per heavy atom. The smallest absolute Gasteiger partial charge is 0.410 e. The number of nitrogens with zero attached hydrogens (tertiary/aromatic N) is 4. The van der Waals surface area contributed by atoms with Gasteiger partial charge in [-0.1, -0.05) is 44.9 Å². The SMILES string of the molecule is CC(=O)N[C@H](CN=[N+]=[N-])C(=O)N[C@H](C(=O)N[C@@H](CCCNC(N)=O)C(=O)Nc1ccc(COC(=O)N(C)[C@H](C(N)=O)C(C)C)cc1)C(C)C. The van der Waals surface area contributed by atoms with E-state index in [4.69, 9.17) is 21.7 Å². The normalized spacial score (nSPS) is 13.1. The van der Waals surface area contributed by atoms with Crippen LogP contribution in [0.2, 0.25) is 0 Å². The predicted molar refractivity (Wildman–Crippen MR) is 178 cm³/mol. The van der Waals surface area contributed by atoms with Crippen LogP contribution in [0.3, 0.4) is 0 Å². The number of carbonyl (C=O) groups excluding carboxylic acids is 7. The fourth-order valence-electron chi connectivity index (χ4n) is 4.64. The number of ether oxygens (including phenoxy) is 1. The van der Waals surface area contributed by atoms with Crippen LogP contribution < -0.4 is 38.1 Å². The first-order valence-corrected chi connectivity index (χ1v) is 15.5. The molecule has 19 nitrogen and oxygen atoms in total. The van der Waals surface area contributed by atoms with Crippen LogP contribution in [0.15, 0.2) is 29.4 Å². The maximum Gasteiger partial charge on any atom is 0.410 e. The van der Waals surface area contributed by atoms with Crippen LogP contribution in [0.25, 0.3) is 10.4 Å². The molecule has 9 N–H and O–H groups in total. The lowest BCUT2D eigenvalue weighted by Gasteiger charge is -2.27. The highest BCUT2D eigenvalue weighted by Crippen LogP contribution is 2.15. The maximum absolute atomic E-state index is 13.4. The van der Waals surface area contributed by atoms with Crippen molar-refractivity contribution in [3.63, 3.8) is 0 Å². The van der Waals surface area contributed by atoms with E-state index < -0.39 is 78.3 Å². The van der Waals surface area contributed by atoms with Crippen molar-refractivity contribution in [2.45, 2.75) is 78.2 Å². The first-order valence-electron chi connectivity index (χ1n) is 15.5. The van der Waals surface area contributed by atoms with Crippen LogP contribution in [0.4, 0.5) is 15.3 Å². The number of hydrogen-bond donors (Lipinski definition) is 7. The van der Waals surface area contributed by atoms with Crippen LogP contribution in [-0.4, -0.2) is 90.9 Å². The Hall–Kier alpha value is -5.58. The summed E-state index contributed by atoms with van der Waals surface area (Å²) < 4.78 is 5.30. The molecule has 0 fully saturated rings. The molecule has 0 unspecified atom stereocenters. The van der Waals surface area contributed by atoms with Crippen LogP contribution in [-0.2, 0) is 35.3 Å². The van der Waals surface area contributed by atoms with Gasteiger partial charge in [0.25, 0.3) is 0 Å². The molecule has 8 amide bonds. The number of urea groups is 1. The lowest BCUT2D eigenvalue weighted by molar-refractivity contribution is -0.133. The maximum atomic E-state index is 13.4. The van der Waals surface area contributed by atoms with Gasteiger partial charge in [-0.25, -0.2) is 9.59 Å². The second-order valence-corrected chi connectivity index (χ2v) is 11.8. The van der Waals surface area contributed by atoms with E-state index in [1.165, 1.54) is 14.0 Å². The second kappa shape index (κ2) is 20.6. The molecular formula is C30H47N11O8. The number of azide groups is 1. The van der Waals surface area contributed by atoms with Crippen molar-refractivity contribution in [2.24, 2.45) is 28.4 Å². The van der Waals surface area contributed by atoms with Crippen LogP contribution in [0, 0.1) is 11.8 Å². The van der Waals surface area contributed by atoms with Crippen LogP contribution >= 0.6 is 0 Å². The summed E-state index contributed by atoms with van der Waals surface area (Å²) in [5, 5.41) is 16.0. The summed E-state index contributed by atoms with van der Waals surface area (Å²) in [5.41, 5.74) is 20.1. The van der Waals surface area contributed by atoms with Gasteiger partial charge < -0.3 is 42.8 Å². The molecule has 0 saturated carbocycles. The minimum Gasteiger partial charge on any atom is -0.445 e. The summed E-state index contributed by atoms with van der Waals surface area (Å²) in [5.74, 6) is -3.97. The van der Waals surface area contributed by atoms with E-state index in [0.29, 0.717) is 11.3 Å². The average molecular weight is 690 g/mol. The highest BCUT2D eigenvalue weighted by atomic mass is 16.6. The number of primary amides is 2. The second-order valence-electron chi connectivity index (χ2n) is 11.8. The molecule has 1 aromatic carbocycles. The highest BCUT2D eigenvalue weighted by molar-refractivity contribution is 5.99. The van der Waals surface area contributed by atoms with E-state index in [1.54, 1.807) is 52.0 Å². The summed E-state index contributed by atoms with van der Waals surface area (Å²) in [7, 11) is 1.42. The third-order valence-corrected chi connectivity index (χ3v) is 7.08. The van der Waals surface area contributed by atoms with Crippen molar-refractivity contribution in [1.82, 2.24) is 26.2 Å². The van der Waals surface area contributed by atoms with E-state index in [0.717, 1.165) is 4.90 Å². The van der Waals surface area contributed by atoms with Gasteiger partial charge in [-0.3, -0.25) is 28.9 Å². The number of benzene rings is 1. The minimum absolute atomic E-state index is 0.0756. The third-order valence-electron chi connectivity index (χ3n) is 7.08. The van der Waals surface area contributed by atoms with Gasteiger partial charge in [0.05, 0.1) is 6.54 Å². The first-order chi connectivity index (χ1) is 23.0. The number of nitrogens with two attached hydrogens (primary N) is 2. The number of hydrogen-bond acceptors (Lipinski definition) is 9. The zero-order chi connectivity index (χ0) is 37.3. The van der Waals surface area contributed by atoms with Crippen molar-refractivity contribution >= 4 is 47.3 Å². The van der Waals surface area contributed by atoms with Crippen molar-refractivity contribution in [2.75, 3.05) is 25.5 Å². The van der Waals surface area contributed by atoms with Gasteiger partial charge in [0.15, 0.2) is 0 Å². The molecule has 1 rings (SSSR count). The molecule has 0 aliphatic rings. The van der Waals surface area contributed by atoms with Gasteiger partial charge in [-0.2, -0.15) is 0 Å². The summed E-state index contributed by atoms with van der Waals surface area (Å²) in [6.07, 6.45) is -0.411. The minimum atomic E-state index is -1.24. The number of carbonyl (C=O) groups is 7. The first kappa shape index (κ1) is 41.4. The Bertz CT molecular complexity index is 1380. The fraction of sp³-hybridized carbons (Fsp3) is 0.567. The molecule has 4 atom stereocenters. The average Bonchev–Trinajstić information content (AvgIpc) is 3.01. The Morgan fingerprint density at radius 3 is 2.04 bits per heavy atom. The lowest BCUT2D eigenvalue weighted by atomic mass is 10.0. The molecule has 0 bridgehead atoms. The number of amides is 8. The zero-order valence-corrected chi connectivity index (χ0v) is 28.5. The monoisotopic (exact) mass is 689 g/mol. The molecule has 0 aromatic heterocycles. The van der Waals surface area contributed by atoms with E-state index in [1.807, 2.05) is 0 Å². The molecule has 0 saturated heterocycles. The van der Waals surface area contributed by atoms with Crippen molar-refractivity contribution in [1.29, 1.82) is 0 Å². The van der Waals surface area contributed by atoms with E-state index in [9.17, 15) is 33.6 Å². The third kappa shape index (κ3) is 14.8. The molecule has 0 aliphatic carbocycles. The van der Waals surface area contributed by atoms with Gasteiger partial charge in [0, 0.05) is 31.1 Å². The van der Waals surface area contributed by atoms with Crippen LogP contribution in [0.5, 0.6) is 0 Å². The highest BCUT2D eigenvalue weighted by Gasteiger charge is 2.31.